The second-order valence-corrected chi connectivity index (χ2v) is 4.27. The maximum absolute atomic E-state index is 11.2. The Morgan fingerprint density at radius 3 is 2.89 bits per heavy atom. The van der Waals surface area contributed by atoms with Gasteiger partial charge < -0.3 is 10.3 Å². The summed E-state index contributed by atoms with van der Waals surface area (Å²) in [6.45, 7) is 1.76. The number of imidazole rings is 1. The van der Waals surface area contributed by atoms with Crippen LogP contribution in [-0.2, 0) is 11.2 Å². The fourth-order valence-corrected chi connectivity index (χ4v) is 1.98. The fourth-order valence-electron chi connectivity index (χ4n) is 1.70. The number of H-pyrrole nitrogens is 2. The van der Waals surface area contributed by atoms with Crippen molar-refractivity contribution in [2.45, 2.75) is 13.3 Å². The van der Waals surface area contributed by atoms with Crippen molar-refractivity contribution in [1.29, 1.82) is 5.26 Å². The van der Waals surface area contributed by atoms with Crippen LogP contribution in [0.3, 0.4) is 0 Å². The van der Waals surface area contributed by atoms with Crippen LogP contribution in [0, 0.1) is 11.3 Å². The molecule has 0 radical (unpaired) electrons. The minimum Gasteiger partial charge on any atom is -0.356 e. The number of nitriles is 1. The van der Waals surface area contributed by atoms with Crippen LogP contribution in [-0.4, -0.2) is 27.4 Å². The molecule has 0 saturated carbocycles. The average Bonchev–Trinajstić information content (AvgIpc) is 2.69. The molecule has 0 aliphatic rings. The number of amides is 1. The average molecular weight is 280 g/mol. The molecular weight excluding hydrogens is 270 g/mol. The summed E-state index contributed by atoms with van der Waals surface area (Å²) in [5.41, 5.74) is 0.746. The summed E-state index contributed by atoms with van der Waals surface area (Å²) >= 11 is 6.08. The molecule has 2 rings (SSSR count). The normalized spacial score (nSPS) is 10.4. The summed E-state index contributed by atoms with van der Waals surface area (Å²) < 4.78 is 0. The zero-order valence-electron chi connectivity index (χ0n) is 10.0. The van der Waals surface area contributed by atoms with Gasteiger partial charge >= 0.3 is 5.69 Å². The second kappa shape index (κ2) is 5.12. The molecule has 0 saturated heterocycles. The molecule has 0 aliphatic heterocycles. The second-order valence-electron chi connectivity index (χ2n) is 3.89. The molecule has 2 aromatic rings. The molecule has 8 heteroatoms. The lowest BCUT2D eigenvalue weighted by Crippen LogP contribution is -2.22. The van der Waals surface area contributed by atoms with Crippen LogP contribution in [0.5, 0.6) is 0 Å². The van der Waals surface area contributed by atoms with Crippen LogP contribution in [0.1, 0.15) is 18.2 Å². The molecule has 3 N–H and O–H groups in total. The number of aromatic nitrogens is 3. The maximum atomic E-state index is 11.2. The van der Waals surface area contributed by atoms with E-state index in [1.807, 2.05) is 6.07 Å². The molecule has 0 atom stereocenters. The molecule has 0 aromatic carbocycles. The third-order valence-corrected chi connectivity index (χ3v) is 2.93. The van der Waals surface area contributed by atoms with Crippen molar-refractivity contribution in [1.82, 2.24) is 20.3 Å². The summed E-state index contributed by atoms with van der Waals surface area (Å²) in [4.78, 5) is 31.1. The van der Waals surface area contributed by atoms with E-state index >= 15 is 0 Å². The largest absolute Gasteiger partial charge is 0.356 e. The van der Waals surface area contributed by atoms with Crippen LogP contribution in [0.2, 0.25) is 5.02 Å². The van der Waals surface area contributed by atoms with E-state index in [1.165, 1.54) is 6.92 Å². The Hall–Kier alpha value is -2.33. The van der Waals surface area contributed by atoms with Gasteiger partial charge in [0.05, 0.1) is 16.3 Å². The van der Waals surface area contributed by atoms with Gasteiger partial charge in [-0.2, -0.15) is 5.26 Å². The lowest BCUT2D eigenvalue weighted by atomic mass is 10.2. The molecular formula is C11H10ClN5O2. The van der Waals surface area contributed by atoms with E-state index in [-0.39, 0.29) is 22.1 Å². The van der Waals surface area contributed by atoms with E-state index in [0.29, 0.717) is 24.2 Å². The third-order valence-electron chi connectivity index (χ3n) is 2.52. The first-order valence-corrected chi connectivity index (χ1v) is 5.85. The van der Waals surface area contributed by atoms with Crippen molar-refractivity contribution in [3.8, 4) is 6.07 Å². The van der Waals surface area contributed by atoms with Gasteiger partial charge in [0, 0.05) is 19.9 Å². The van der Waals surface area contributed by atoms with Crippen LogP contribution < -0.4 is 11.0 Å². The van der Waals surface area contributed by atoms with Crippen LogP contribution in [0.15, 0.2) is 4.79 Å². The first-order valence-electron chi connectivity index (χ1n) is 5.48. The number of hydrogen-bond donors (Lipinski definition) is 3. The Labute approximate surface area is 112 Å². The molecule has 2 heterocycles. The molecule has 1 amide bonds. The summed E-state index contributed by atoms with van der Waals surface area (Å²) in [6.07, 6.45) is 0.371. The molecule has 2 aromatic heterocycles. The molecule has 0 aliphatic carbocycles. The number of nitrogens with one attached hydrogen (secondary N) is 3. The van der Waals surface area contributed by atoms with Crippen molar-refractivity contribution in [2.24, 2.45) is 0 Å². The van der Waals surface area contributed by atoms with Gasteiger partial charge in [-0.1, -0.05) is 11.6 Å². The van der Waals surface area contributed by atoms with E-state index in [0.717, 1.165) is 0 Å². The van der Waals surface area contributed by atoms with Crippen molar-refractivity contribution in [2.75, 3.05) is 6.54 Å². The van der Waals surface area contributed by atoms with Gasteiger partial charge in [-0.3, -0.25) is 9.78 Å². The molecule has 0 fully saturated rings. The van der Waals surface area contributed by atoms with Crippen LogP contribution >= 0.6 is 11.6 Å². The van der Waals surface area contributed by atoms with E-state index in [9.17, 15) is 9.59 Å². The maximum Gasteiger partial charge on any atom is 0.325 e. The molecule has 0 spiro atoms. The Morgan fingerprint density at radius 2 is 2.26 bits per heavy atom. The predicted octanol–water partition coefficient (Wildman–Crippen LogP) is 0.455. The van der Waals surface area contributed by atoms with Gasteiger partial charge in [0.15, 0.2) is 5.65 Å². The zero-order valence-corrected chi connectivity index (χ0v) is 10.8. The van der Waals surface area contributed by atoms with Gasteiger partial charge in [0.1, 0.15) is 11.6 Å². The van der Waals surface area contributed by atoms with Gasteiger partial charge in [-0.05, 0) is 0 Å². The number of aromatic amines is 2. The Morgan fingerprint density at radius 1 is 1.53 bits per heavy atom. The number of carbonyl (C=O) groups is 1. The summed E-state index contributed by atoms with van der Waals surface area (Å²) in [5, 5.41) is 11.9. The molecule has 7 nitrogen and oxygen atoms in total. The van der Waals surface area contributed by atoms with Gasteiger partial charge in [0.25, 0.3) is 0 Å². The van der Waals surface area contributed by atoms with E-state index in [4.69, 9.17) is 16.9 Å². The van der Waals surface area contributed by atoms with E-state index in [1.54, 1.807) is 0 Å². The van der Waals surface area contributed by atoms with Gasteiger partial charge in [-0.25, -0.2) is 9.78 Å². The van der Waals surface area contributed by atoms with Crippen molar-refractivity contribution >= 4 is 28.7 Å². The smallest absolute Gasteiger partial charge is 0.325 e. The Bertz CT molecular complexity index is 740. The summed E-state index contributed by atoms with van der Waals surface area (Å²) in [6, 6.07) is 1.94. The quantitative estimate of drug-likeness (QED) is 0.757. The molecule has 98 valence electrons. The molecule has 0 unspecified atom stereocenters. The Kier molecular flexibility index (Phi) is 3.53. The monoisotopic (exact) mass is 279 g/mol. The predicted molar refractivity (Wildman–Crippen MR) is 68.8 cm³/mol. The minimum atomic E-state index is -0.450. The number of halogens is 1. The highest BCUT2D eigenvalue weighted by molar-refractivity contribution is 6.33. The number of carbonyl (C=O) groups excluding carboxylic acids is 1. The third kappa shape index (κ3) is 2.58. The summed E-state index contributed by atoms with van der Waals surface area (Å²) in [5.74, 6) is -0.159. The SMILES string of the molecule is CC(=O)NCCc1nc2[nH]c(=O)[nH]c2c(C#N)c1Cl. The first-order chi connectivity index (χ1) is 9.02. The van der Waals surface area contributed by atoms with Crippen LogP contribution in [0.25, 0.3) is 11.2 Å². The number of rotatable bonds is 3. The van der Waals surface area contributed by atoms with Crippen molar-refractivity contribution in [3.05, 3.63) is 26.8 Å². The van der Waals surface area contributed by atoms with Gasteiger partial charge in [-0.15, -0.1) is 0 Å². The highest BCUT2D eigenvalue weighted by Gasteiger charge is 2.15. The van der Waals surface area contributed by atoms with Crippen molar-refractivity contribution in [3.63, 3.8) is 0 Å². The Balaban J connectivity index is 2.44. The standard InChI is InChI=1S/C11H10ClN5O2/c1-5(18)14-3-2-7-8(12)6(4-13)9-10(15-7)17-11(19)16-9/h2-3H2,1H3,(H,14,18)(H2,15,16,17,19). The molecule has 0 bridgehead atoms. The van der Waals surface area contributed by atoms with Crippen molar-refractivity contribution < 1.29 is 4.79 Å². The number of nitrogens with zero attached hydrogens (tertiary/aromatic N) is 2. The minimum absolute atomic E-state index is 0.159. The number of fused-ring (bicyclic) bond motifs is 1. The molecule has 19 heavy (non-hydrogen) atoms. The van der Waals surface area contributed by atoms with E-state index < -0.39 is 5.69 Å². The summed E-state index contributed by atoms with van der Waals surface area (Å²) in [7, 11) is 0. The lowest BCUT2D eigenvalue weighted by Gasteiger charge is -2.06. The fraction of sp³-hybridized carbons (Fsp3) is 0.273. The van der Waals surface area contributed by atoms with Gasteiger partial charge in [0.2, 0.25) is 5.91 Å². The van der Waals surface area contributed by atoms with Crippen LogP contribution in [0.4, 0.5) is 0 Å². The van der Waals surface area contributed by atoms with E-state index in [2.05, 4.69) is 20.3 Å². The lowest BCUT2D eigenvalue weighted by molar-refractivity contribution is -0.118. The topological polar surface area (TPSA) is 114 Å². The first kappa shape index (κ1) is 13.1. The highest BCUT2D eigenvalue weighted by Crippen LogP contribution is 2.24. The number of hydrogen-bond acceptors (Lipinski definition) is 4. The highest BCUT2D eigenvalue weighted by atomic mass is 35.5. The zero-order chi connectivity index (χ0) is 14.0. The number of pyridine rings is 1.